The summed E-state index contributed by atoms with van der Waals surface area (Å²) in [5.74, 6) is 0. The van der Waals surface area contributed by atoms with Gasteiger partial charge in [0, 0.05) is 18.9 Å². The maximum atomic E-state index is 10.8. The lowest BCUT2D eigenvalue weighted by Gasteiger charge is -1.96. The lowest BCUT2D eigenvalue weighted by Crippen LogP contribution is -1.91. The van der Waals surface area contributed by atoms with Crippen LogP contribution in [0.5, 0.6) is 0 Å². The molecule has 3 heteroatoms. The van der Waals surface area contributed by atoms with E-state index in [0.29, 0.717) is 5.56 Å². The Morgan fingerprint density at radius 3 is 3.00 bits per heavy atom. The van der Waals surface area contributed by atoms with Crippen molar-refractivity contribution >= 4 is 17.3 Å². The molecule has 0 aliphatic carbocycles. The van der Waals surface area contributed by atoms with Crippen molar-refractivity contribution in [2.24, 2.45) is 7.05 Å². The fourth-order valence-electron chi connectivity index (χ4n) is 1.55. The molecule has 0 saturated heterocycles. The van der Waals surface area contributed by atoms with Gasteiger partial charge in [0.1, 0.15) is 0 Å². The number of hydrogen-bond acceptors (Lipinski definition) is 2. The normalized spacial score (nSPS) is 10.6. The number of aryl methyl sites for hydroxylation is 1. The maximum Gasteiger partial charge on any atom is 0.154 e. The zero-order valence-corrected chi connectivity index (χ0v) is 7.61. The number of carbonyl (C=O) groups excluding carboxylic acids is 1. The van der Waals surface area contributed by atoms with Crippen molar-refractivity contribution in [3.05, 3.63) is 29.6 Å². The topological polar surface area (TPSA) is 34.9 Å². The number of nitrogens with zero attached hydrogens (tertiary/aromatic N) is 2. The molecule has 2 heterocycles. The lowest BCUT2D eigenvalue weighted by atomic mass is 10.2. The van der Waals surface area contributed by atoms with Gasteiger partial charge < -0.3 is 4.57 Å². The highest BCUT2D eigenvalue weighted by atomic mass is 16.1. The molecule has 3 nitrogen and oxygen atoms in total. The molecular weight excluding hydrogens is 164 g/mol. The summed E-state index contributed by atoms with van der Waals surface area (Å²) in [4.78, 5) is 15.0. The zero-order chi connectivity index (χ0) is 9.42. The molecular formula is C10H10N2O. The Labute approximate surface area is 76.0 Å². The van der Waals surface area contributed by atoms with Crippen molar-refractivity contribution in [2.75, 3.05) is 0 Å². The lowest BCUT2D eigenvalue weighted by molar-refractivity contribution is 0.112. The molecule has 2 aromatic heterocycles. The summed E-state index contributed by atoms with van der Waals surface area (Å²) in [6.45, 7) is 1.92. The van der Waals surface area contributed by atoms with Crippen LogP contribution in [0.4, 0.5) is 0 Å². The molecule has 66 valence electrons. The van der Waals surface area contributed by atoms with Gasteiger partial charge in [0.2, 0.25) is 0 Å². The average Bonchev–Trinajstić information content (AvgIpc) is 2.41. The van der Waals surface area contributed by atoms with E-state index in [9.17, 15) is 4.79 Å². The second-order valence-corrected chi connectivity index (χ2v) is 3.05. The van der Waals surface area contributed by atoms with Crippen LogP contribution in [0, 0.1) is 6.92 Å². The molecule has 0 unspecified atom stereocenters. The van der Waals surface area contributed by atoms with Crippen LogP contribution in [0.25, 0.3) is 11.0 Å². The molecule has 0 saturated carbocycles. The van der Waals surface area contributed by atoms with Crippen LogP contribution in [-0.2, 0) is 7.05 Å². The van der Waals surface area contributed by atoms with Crippen molar-refractivity contribution < 1.29 is 4.79 Å². The Morgan fingerprint density at radius 1 is 1.54 bits per heavy atom. The van der Waals surface area contributed by atoms with Crippen LogP contribution in [0.15, 0.2) is 18.3 Å². The standard InChI is InChI=1S/C10H10N2O/c1-7-8(6-13)10-9(12(7)2)4-3-5-11-10/h3-6H,1-2H3. The van der Waals surface area contributed by atoms with Gasteiger partial charge in [-0.25, -0.2) is 0 Å². The molecule has 0 aliphatic heterocycles. The van der Waals surface area contributed by atoms with Gasteiger partial charge in [0.15, 0.2) is 6.29 Å². The summed E-state index contributed by atoms with van der Waals surface area (Å²) < 4.78 is 1.98. The molecule has 2 aromatic rings. The maximum absolute atomic E-state index is 10.8. The van der Waals surface area contributed by atoms with E-state index in [4.69, 9.17) is 0 Å². The van der Waals surface area contributed by atoms with Crippen molar-refractivity contribution in [1.29, 1.82) is 0 Å². The third kappa shape index (κ3) is 0.967. The van der Waals surface area contributed by atoms with Gasteiger partial charge in [-0.2, -0.15) is 0 Å². The molecule has 0 spiro atoms. The van der Waals surface area contributed by atoms with Crippen molar-refractivity contribution in [1.82, 2.24) is 9.55 Å². The largest absolute Gasteiger partial charge is 0.346 e. The van der Waals surface area contributed by atoms with Crippen molar-refractivity contribution in [3.63, 3.8) is 0 Å². The van der Waals surface area contributed by atoms with Crippen LogP contribution in [0.1, 0.15) is 16.1 Å². The van der Waals surface area contributed by atoms with Gasteiger partial charge in [-0.05, 0) is 19.1 Å². The fourth-order valence-corrected chi connectivity index (χ4v) is 1.55. The van der Waals surface area contributed by atoms with E-state index in [1.165, 1.54) is 0 Å². The van der Waals surface area contributed by atoms with Crippen LogP contribution in [-0.4, -0.2) is 15.8 Å². The van der Waals surface area contributed by atoms with E-state index in [1.807, 2.05) is 30.7 Å². The molecule has 0 bridgehead atoms. The minimum atomic E-state index is 0.693. The predicted molar refractivity (Wildman–Crippen MR) is 50.8 cm³/mol. The Hall–Kier alpha value is -1.64. The van der Waals surface area contributed by atoms with Crippen molar-refractivity contribution in [2.45, 2.75) is 6.92 Å². The van der Waals surface area contributed by atoms with Crippen LogP contribution in [0.3, 0.4) is 0 Å². The second kappa shape index (κ2) is 2.69. The minimum absolute atomic E-state index is 0.693. The highest BCUT2D eigenvalue weighted by Crippen LogP contribution is 2.20. The highest BCUT2D eigenvalue weighted by molar-refractivity contribution is 5.96. The van der Waals surface area contributed by atoms with Crippen LogP contribution in [0.2, 0.25) is 0 Å². The number of pyridine rings is 1. The van der Waals surface area contributed by atoms with Gasteiger partial charge in [-0.15, -0.1) is 0 Å². The van der Waals surface area contributed by atoms with Gasteiger partial charge in [0.05, 0.1) is 16.6 Å². The number of aldehydes is 1. The first-order valence-corrected chi connectivity index (χ1v) is 4.11. The molecule has 2 rings (SSSR count). The van der Waals surface area contributed by atoms with Crippen LogP contribution < -0.4 is 0 Å². The van der Waals surface area contributed by atoms with E-state index in [1.54, 1.807) is 6.20 Å². The number of fused-ring (bicyclic) bond motifs is 1. The van der Waals surface area contributed by atoms with Crippen molar-refractivity contribution in [3.8, 4) is 0 Å². The molecule has 0 radical (unpaired) electrons. The predicted octanol–water partition coefficient (Wildman–Crippen LogP) is 1.69. The number of hydrogen-bond donors (Lipinski definition) is 0. The quantitative estimate of drug-likeness (QED) is 0.617. The Kier molecular flexibility index (Phi) is 1.65. The summed E-state index contributed by atoms with van der Waals surface area (Å²) in [7, 11) is 1.94. The summed E-state index contributed by atoms with van der Waals surface area (Å²) in [6.07, 6.45) is 2.57. The average molecular weight is 174 g/mol. The van der Waals surface area contributed by atoms with E-state index in [0.717, 1.165) is 23.0 Å². The van der Waals surface area contributed by atoms with E-state index in [-0.39, 0.29) is 0 Å². The summed E-state index contributed by atoms with van der Waals surface area (Å²) in [6, 6.07) is 3.83. The fraction of sp³-hybridized carbons (Fsp3) is 0.200. The first kappa shape index (κ1) is 7.98. The molecule has 0 atom stereocenters. The second-order valence-electron chi connectivity index (χ2n) is 3.05. The van der Waals surface area contributed by atoms with Crippen LogP contribution >= 0.6 is 0 Å². The number of carbonyl (C=O) groups is 1. The Bertz CT molecular complexity index is 471. The zero-order valence-electron chi connectivity index (χ0n) is 7.61. The van der Waals surface area contributed by atoms with E-state index >= 15 is 0 Å². The molecule has 0 amide bonds. The first-order valence-electron chi connectivity index (χ1n) is 4.11. The SMILES string of the molecule is Cc1c(C=O)c2ncccc2n1C. The van der Waals surface area contributed by atoms with Gasteiger partial charge in [0.25, 0.3) is 0 Å². The highest BCUT2D eigenvalue weighted by Gasteiger charge is 2.10. The first-order chi connectivity index (χ1) is 6.25. The molecule has 0 N–H and O–H groups in total. The van der Waals surface area contributed by atoms with Gasteiger partial charge in [-0.3, -0.25) is 9.78 Å². The summed E-state index contributed by atoms with van der Waals surface area (Å²) >= 11 is 0. The summed E-state index contributed by atoms with van der Waals surface area (Å²) in [5, 5.41) is 0. The molecule has 0 aromatic carbocycles. The third-order valence-electron chi connectivity index (χ3n) is 2.41. The van der Waals surface area contributed by atoms with E-state index < -0.39 is 0 Å². The Morgan fingerprint density at radius 2 is 2.31 bits per heavy atom. The summed E-state index contributed by atoms with van der Waals surface area (Å²) in [5.41, 5.74) is 3.45. The molecule has 13 heavy (non-hydrogen) atoms. The number of rotatable bonds is 1. The Balaban J connectivity index is 2.98. The number of aromatic nitrogens is 2. The minimum Gasteiger partial charge on any atom is -0.346 e. The van der Waals surface area contributed by atoms with Gasteiger partial charge in [-0.1, -0.05) is 0 Å². The van der Waals surface area contributed by atoms with Gasteiger partial charge >= 0.3 is 0 Å². The third-order valence-corrected chi connectivity index (χ3v) is 2.41. The molecule has 0 fully saturated rings. The molecule has 0 aliphatic rings. The monoisotopic (exact) mass is 174 g/mol. The smallest absolute Gasteiger partial charge is 0.154 e. The van der Waals surface area contributed by atoms with E-state index in [2.05, 4.69) is 4.98 Å².